The summed E-state index contributed by atoms with van der Waals surface area (Å²) in [5, 5.41) is 0. The number of hydrogen-bond donors (Lipinski definition) is 1. The smallest absolute Gasteiger partial charge is 0.264 e. The van der Waals surface area contributed by atoms with E-state index in [1.165, 1.54) is 19.3 Å². The van der Waals surface area contributed by atoms with E-state index in [4.69, 9.17) is 4.55 Å². The normalized spacial score (nSPS) is 19.1. The quantitative estimate of drug-likeness (QED) is 0.534. The van der Waals surface area contributed by atoms with Gasteiger partial charge in [0.2, 0.25) is 0 Å². The molecule has 0 unspecified atom stereocenters. The zero-order valence-electron chi connectivity index (χ0n) is 7.20. The minimum Gasteiger partial charge on any atom is -0.286 e. The van der Waals surface area contributed by atoms with Crippen LogP contribution in [-0.4, -0.2) is 18.7 Å². The van der Waals surface area contributed by atoms with Gasteiger partial charge >= 0.3 is 0 Å². The first kappa shape index (κ1) is 9.99. The first-order chi connectivity index (χ1) is 5.58. The molecule has 3 nitrogen and oxygen atoms in total. The summed E-state index contributed by atoms with van der Waals surface area (Å²) in [6.07, 6.45) is 6.63. The third-order valence-electron chi connectivity index (χ3n) is 2.49. The molecule has 0 spiro atoms. The Labute approximate surface area is 73.9 Å². The van der Waals surface area contributed by atoms with E-state index in [1.54, 1.807) is 0 Å². The van der Waals surface area contributed by atoms with Crippen LogP contribution in [0.1, 0.15) is 38.5 Å². The monoisotopic (exact) mass is 192 g/mol. The summed E-state index contributed by atoms with van der Waals surface area (Å²) in [4.78, 5) is 0. The second-order valence-electron chi connectivity index (χ2n) is 3.58. The fraction of sp³-hybridized carbons (Fsp3) is 1.00. The SMILES string of the molecule is O=S(=O)(O)CCCCC1CCC1. The lowest BCUT2D eigenvalue weighted by molar-refractivity contribution is 0.289. The first-order valence-electron chi connectivity index (χ1n) is 4.53. The summed E-state index contributed by atoms with van der Waals surface area (Å²) in [7, 11) is -3.71. The number of unbranched alkanes of at least 4 members (excludes halogenated alkanes) is 1. The fourth-order valence-electron chi connectivity index (χ4n) is 1.50. The molecule has 1 aliphatic rings. The van der Waals surface area contributed by atoms with E-state index in [2.05, 4.69) is 0 Å². The number of rotatable bonds is 5. The molecular formula is C8H16O3S. The van der Waals surface area contributed by atoms with Crippen LogP contribution < -0.4 is 0 Å². The van der Waals surface area contributed by atoms with Gasteiger partial charge in [0.15, 0.2) is 0 Å². The van der Waals surface area contributed by atoms with Gasteiger partial charge in [-0.05, 0) is 12.3 Å². The van der Waals surface area contributed by atoms with Gasteiger partial charge in [-0.3, -0.25) is 4.55 Å². The lowest BCUT2D eigenvalue weighted by Gasteiger charge is -2.24. The molecule has 0 heterocycles. The van der Waals surface area contributed by atoms with Gasteiger partial charge in [-0.1, -0.05) is 32.1 Å². The molecule has 1 aliphatic carbocycles. The van der Waals surface area contributed by atoms with Gasteiger partial charge in [0.1, 0.15) is 0 Å². The predicted molar refractivity (Wildman–Crippen MR) is 47.6 cm³/mol. The molecule has 0 aromatic heterocycles. The van der Waals surface area contributed by atoms with Gasteiger partial charge in [-0.2, -0.15) is 8.42 Å². The van der Waals surface area contributed by atoms with E-state index < -0.39 is 10.1 Å². The molecule has 1 fully saturated rings. The van der Waals surface area contributed by atoms with Crippen molar-refractivity contribution in [2.45, 2.75) is 38.5 Å². The molecule has 0 amide bonds. The molecule has 1 rings (SSSR count). The molecule has 0 aliphatic heterocycles. The average Bonchev–Trinajstić information content (AvgIpc) is 1.80. The van der Waals surface area contributed by atoms with Crippen molar-refractivity contribution in [2.24, 2.45) is 5.92 Å². The van der Waals surface area contributed by atoms with Crippen molar-refractivity contribution in [3.8, 4) is 0 Å². The van der Waals surface area contributed by atoms with E-state index in [0.717, 1.165) is 18.8 Å². The van der Waals surface area contributed by atoms with Crippen molar-refractivity contribution in [1.29, 1.82) is 0 Å². The van der Waals surface area contributed by atoms with Gasteiger partial charge in [-0.25, -0.2) is 0 Å². The van der Waals surface area contributed by atoms with Gasteiger partial charge in [-0.15, -0.1) is 0 Å². The lowest BCUT2D eigenvalue weighted by atomic mass is 9.82. The van der Waals surface area contributed by atoms with E-state index >= 15 is 0 Å². The van der Waals surface area contributed by atoms with Crippen molar-refractivity contribution < 1.29 is 13.0 Å². The highest BCUT2D eigenvalue weighted by atomic mass is 32.2. The van der Waals surface area contributed by atoms with Crippen LogP contribution in [0.3, 0.4) is 0 Å². The van der Waals surface area contributed by atoms with Crippen molar-refractivity contribution in [3.05, 3.63) is 0 Å². The first-order valence-corrected chi connectivity index (χ1v) is 6.14. The summed E-state index contributed by atoms with van der Waals surface area (Å²) in [5.41, 5.74) is 0. The molecule has 0 aromatic carbocycles. The van der Waals surface area contributed by atoms with Crippen LogP contribution in [0.2, 0.25) is 0 Å². The van der Waals surface area contributed by atoms with Gasteiger partial charge in [0.25, 0.3) is 10.1 Å². The lowest BCUT2D eigenvalue weighted by Crippen LogP contribution is -2.11. The Balaban J connectivity index is 1.95. The Morgan fingerprint density at radius 2 is 1.92 bits per heavy atom. The molecule has 12 heavy (non-hydrogen) atoms. The molecule has 0 aromatic rings. The Kier molecular flexibility index (Phi) is 3.53. The van der Waals surface area contributed by atoms with Crippen molar-refractivity contribution in [3.63, 3.8) is 0 Å². The van der Waals surface area contributed by atoms with Crippen LogP contribution in [0.5, 0.6) is 0 Å². The van der Waals surface area contributed by atoms with Gasteiger partial charge in [0.05, 0.1) is 5.75 Å². The second kappa shape index (κ2) is 4.23. The predicted octanol–water partition coefficient (Wildman–Crippen LogP) is 1.84. The zero-order valence-corrected chi connectivity index (χ0v) is 8.02. The third kappa shape index (κ3) is 4.07. The van der Waals surface area contributed by atoms with Crippen molar-refractivity contribution >= 4 is 10.1 Å². The summed E-state index contributed by atoms with van der Waals surface area (Å²) in [6.45, 7) is 0. The van der Waals surface area contributed by atoms with E-state index in [-0.39, 0.29) is 5.75 Å². The van der Waals surface area contributed by atoms with Crippen LogP contribution in [-0.2, 0) is 10.1 Å². The van der Waals surface area contributed by atoms with Gasteiger partial charge in [0, 0.05) is 0 Å². The summed E-state index contributed by atoms with van der Waals surface area (Å²) in [6, 6.07) is 0. The van der Waals surface area contributed by atoms with E-state index in [0.29, 0.717) is 6.42 Å². The van der Waals surface area contributed by atoms with Crippen LogP contribution in [0.4, 0.5) is 0 Å². The molecule has 4 heteroatoms. The molecule has 1 N–H and O–H groups in total. The molecule has 72 valence electrons. The van der Waals surface area contributed by atoms with E-state index in [1.807, 2.05) is 0 Å². The van der Waals surface area contributed by atoms with Crippen LogP contribution >= 0.6 is 0 Å². The molecule has 0 atom stereocenters. The Hall–Kier alpha value is -0.0900. The number of hydrogen-bond acceptors (Lipinski definition) is 2. The molecule has 0 radical (unpaired) electrons. The largest absolute Gasteiger partial charge is 0.286 e. The molecule has 1 saturated carbocycles. The minimum absolute atomic E-state index is 0.0697. The molecule has 0 saturated heterocycles. The highest BCUT2D eigenvalue weighted by Gasteiger charge is 2.16. The zero-order chi connectivity index (χ0) is 9.03. The summed E-state index contributed by atoms with van der Waals surface area (Å²) >= 11 is 0. The minimum atomic E-state index is -3.71. The van der Waals surface area contributed by atoms with Crippen molar-refractivity contribution in [2.75, 3.05) is 5.75 Å². The van der Waals surface area contributed by atoms with E-state index in [9.17, 15) is 8.42 Å². The standard InChI is InChI=1S/C8H16O3S/c9-12(10,11)7-2-1-4-8-5-3-6-8/h8H,1-7H2,(H,9,10,11). The topological polar surface area (TPSA) is 54.4 Å². The molecular weight excluding hydrogens is 176 g/mol. The van der Waals surface area contributed by atoms with Gasteiger partial charge < -0.3 is 0 Å². The maximum absolute atomic E-state index is 10.3. The van der Waals surface area contributed by atoms with Crippen LogP contribution in [0.15, 0.2) is 0 Å². The van der Waals surface area contributed by atoms with Crippen LogP contribution in [0, 0.1) is 5.92 Å². The fourth-order valence-corrected chi connectivity index (χ4v) is 2.07. The Morgan fingerprint density at radius 1 is 1.25 bits per heavy atom. The highest BCUT2D eigenvalue weighted by molar-refractivity contribution is 7.85. The average molecular weight is 192 g/mol. The second-order valence-corrected chi connectivity index (χ2v) is 5.15. The third-order valence-corrected chi connectivity index (χ3v) is 3.29. The molecule has 0 bridgehead atoms. The maximum atomic E-state index is 10.3. The summed E-state index contributed by atoms with van der Waals surface area (Å²) in [5.74, 6) is 0.770. The Bertz CT molecular complexity index is 216. The Morgan fingerprint density at radius 3 is 2.33 bits per heavy atom. The maximum Gasteiger partial charge on any atom is 0.264 e. The summed E-state index contributed by atoms with van der Waals surface area (Å²) < 4.78 is 29.1. The van der Waals surface area contributed by atoms with Crippen LogP contribution in [0.25, 0.3) is 0 Å². The highest BCUT2D eigenvalue weighted by Crippen LogP contribution is 2.30. The van der Waals surface area contributed by atoms with Crippen molar-refractivity contribution in [1.82, 2.24) is 0 Å².